The van der Waals surface area contributed by atoms with Gasteiger partial charge in [0.2, 0.25) is 5.91 Å². The van der Waals surface area contributed by atoms with E-state index in [2.05, 4.69) is 76.7 Å². The summed E-state index contributed by atoms with van der Waals surface area (Å²) in [4.78, 5) is 46.1. The molecule has 0 saturated carbocycles. The van der Waals surface area contributed by atoms with E-state index in [9.17, 15) is 14.4 Å². The first-order valence-corrected chi connectivity index (χ1v) is 19.3. The monoisotopic (exact) mass is 736 g/mol. The highest BCUT2D eigenvalue weighted by atomic mass is 16.5. The van der Waals surface area contributed by atoms with Crippen molar-refractivity contribution in [2.24, 2.45) is 11.3 Å². The molecule has 6 bridgehead atoms. The summed E-state index contributed by atoms with van der Waals surface area (Å²) in [5, 5.41) is 8.76. The molecule has 6 rings (SSSR count). The number of cyclic esters (lactones) is 1. The minimum atomic E-state index is -0.860. The summed E-state index contributed by atoms with van der Waals surface area (Å²) < 4.78 is 14.3. The zero-order valence-electron chi connectivity index (χ0n) is 33.0. The van der Waals surface area contributed by atoms with Crippen LogP contribution in [0.25, 0.3) is 33.3 Å². The van der Waals surface area contributed by atoms with Gasteiger partial charge in [0, 0.05) is 60.9 Å². The van der Waals surface area contributed by atoms with Crippen molar-refractivity contribution < 1.29 is 23.9 Å². The van der Waals surface area contributed by atoms with Gasteiger partial charge in [-0.3, -0.25) is 24.4 Å². The number of benzene rings is 2. The van der Waals surface area contributed by atoms with Crippen LogP contribution in [0.1, 0.15) is 77.2 Å². The number of carbonyl (C=O) groups excluding carboxylic acids is 3. The SMILES string of the molecule is CCn1c(-c2cnccc2[C@H](C)OC)c2c3cc(ccc31)-c1cccc(c1)C[C@H](NC(=O)C(NC)C(C)C)C(=O)N1CCC[C@H](N1)C(=O)OCC(C)(C)C2. The number of methoxy groups -OCH3 is 1. The number of aryl methyl sites for hydroxylation is 1. The van der Waals surface area contributed by atoms with Crippen molar-refractivity contribution in [3.63, 3.8) is 0 Å². The molecule has 1 unspecified atom stereocenters. The summed E-state index contributed by atoms with van der Waals surface area (Å²) in [6.07, 6.45) is 5.66. The van der Waals surface area contributed by atoms with Gasteiger partial charge in [-0.1, -0.05) is 58.0 Å². The van der Waals surface area contributed by atoms with Gasteiger partial charge in [-0.15, -0.1) is 0 Å². The standard InChI is InChI=1S/C43H56N6O5/c1-9-48-37-16-15-30-22-32(37)33(39(48)34-24-45-18-17-31(34)27(4)53-8)23-43(5,6)25-54-42(52)35-14-11-19-49(47-35)41(51)36(21-28-12-10-13-29(30)20-28)46-40(50)38(44-7)26(2)3/h10,12-13,15-18,20,22,24,26-27,35-36,38,44,47H,9,11,14,19,21,23,25H2,1-8H3,(H,46,50)/t27-,35-,36-,38?/m0/s1. The number of fused-ring (bicyclic) bond motifs is 6. The molecule has 4 heterocycles. The number of hydrogen-bond donors (Lipinski definition) is 3. The molecule has 2 aliphatic rings. The third-order valence-corrected chi connectivity index (χ3v) is 11.0. The molecular weight excluding hydrogens is 681 g/mol. The van der Waals surface area contributed by atoms with Gasteiger partial charge in [-0.25, -0.2) is 5.43 Å². The van der Waals surface area contributed by atoms with Crippen LogP contribution in [0.15, 0.2) is 60.9 Å². The molecule has 2 aliphatic heterocycles. The first-order valence-electron chi connectivity index (χ1n) is 19.3. The number of amides is 2. The van der Waals surface area contributed by atoms with Gasteiger partial charge in [0.1, 0.15) is 12.1 Å². The van der Waals surface area contributed by atoms with Crippen molar-refractivity contribution in [1.29, 1.82) is 0 Å². The van der Waals surface area contributed by atoms with Crippen molar-refractivity contribution in [2.45, 2.75) is 98.0 Å². The van der Waals surface area contributed by atoms with Gasteiger partial charge < -0.3 is 24.7 Å². The van der Waals surface area contributed by atoms with E-state index < -0.39 is 29.5 Å². The van der Waals surface area contributed by atoms with E-state index >= 15 is 0 Å². The number of pyridine rings is 1. The Labute approximate surface area is 319 Å². The van der Waals surface area contributed by atoms with Gasteiger partial charge in [-0.05, 0) is 92.1 Å². The molecule has 0 spiro atoms. The summed E-state index contributed by atoms with van der Waals surface area (Å²) in [6.45, 7) is 13.7. The van der Waals surface area contributed by atoms with Gasteiger partial charge in [-0.2, -0.15) is 0 Å². The number of rotatable bonds is 8. The Balaban J connectivity index is 1.52. The largest absolute Gasteiger partial charge is 0.464 e. The highest BCUT2D eigenvalue weighted by Crippen LogP contribution is 2.42. The second kappa shape index (κ2) is 16.4. The predicted octanol–water partition coefficient (Wildman–Crippen LogP) is 5.99. The van der Waals surface area contributed by atoms with Crippen molar-refractivity contribution in [1.82, 2.24) is 30.6 Å². The zero-order chi connectivity index (χ0) is 38.7. The number of likely N-dealkylation sites (N-methyl/N-ethyl adjacent to an activating group) is 1. The molecule has 11 heteroatoms. The lowest BCUT2D eigenvalue weighted by atomic mass is 9.84. The fourth-order valence-electron chi connectivity index (χ4n) is 8.05. The van der Waals surface area contributed by atoms with Crippen molar-refractivity contribution >= 4 is 28.7 Å². The fraction of sp³-hybridized carbons (Fsp3) is 0.488. The zero-order valence-corrected chi connectivity index (χ0v) is 33.0. The predicted molar refractivity (Wildman–Crippen MR) is 211 cm³/mol. The van der Waals surface area contributed by atoms with E-state index in [-0.39, 0.29) is 36.9 Å². The number of esters is 1. The molecule has 288 valence electrons. The average Bonchev–Trinajstić information content (AvgIpc) is 3.47. The fourth-order valence-corrected chi connectivity index (χ4v) is 8.05. The second-order valence-electron chi connectivity index (χ2n) is 15.9. The van der Waals surface area contributed by atoms with E-state index in [1.54, 1.807) is 14.2 Å². The number of aromatic nitrogens is 2. The van der Waals surface area contributed by atoms with E-state index in [4.69, 9.17) is 9.47 Å². The Morgan fingerprint density at radius 2 is 1.89 bits per heavy atom. The second-order valence-corrected chi connectivity index (χ2v) is 15.9. The van der Waals surface area contributed by atoms with Crippen LogP contribution in [0.3, 0.4) is 0 Å². The van der Waals surface area contributed by atoms with E-state index in [1.807, 2.05) is 51.4 Å². The molecule has 4 aromatic rings. The van der Waals surface area contributed by atoms with E-state index in [1.165, 1.54) is 5.01 Å². The Morgan fingerprint density at radius 1 is 1.11 bits per heavy atom. The number of ether oxygens (including phenoxy) is 2. The molecule has 4 atom stereocenters. The molecule has 0 aliphatic carbocycles. The maximum absolute atomic E-state index is 14.2. The maximum Gasteiger partial charge on any atom is 0.324 e. The lowest BCUT2D eigenvalue weighted by Crippen LogP contribution is -2.61. The average molecular weight is 737 g/mol. The number of nitrogens with zero attached hydrogens (tertiary/aromatic N) is 3. The van der Waals surface area contributed by atoms with Gasteiger partial charge in [0.05, 0.1) is 24.4 Å². The van der Waals surface area contributed by atoms with Crippen LogP contribution in [0, 0.1) is 11.3 Å². The molecule has 2 amide bonds. The van der Waals surface area contributed by atoms with Crippen LogP contribution in [0.5, 0.6) is 0 Å². The third kappa shape index (κ3) is 8.09. The quantitative estimate of drug-likeness (QED) is 0.189. The molecular formula is C43H56N6O5. The highest BCUT2D eigenvalue weighted by molar-refractivity contribution is 5.95. The first kappa shape index (κ1) is 39.1. The topological polar surface area (TPSA) is 127 Å². The maximum atomic E-state index is 14.2. The molecule has 2 aromatic heterocycles. The normalized spacial score (nSPS) is 20.4. The van der Waals surface area contributed by atoms with E-state index in [0.29, 0.717) is 25.8 Å². The summed E-state index contributed by atoms with van der Waals surface area (Å²) >= 11 is 0. The van der Waals surface area contributed by atoms with Crippen LogP contribution in [-0.4, -0.2) is 77.8 Å². The number of hydrogen-bond acceptors (Lipinski definition) is 8. The summed E-state index contributed by atoms with van der Waals surface area (Å²) in [5.74, 6) is -0.916. The van der Waals surface area contributed by atoms with Crippen molar-refractivity contribution in [3.05, 3.63) is 77.6 Å². The number of hydrazine groups is 1. The Kier molecular flexibility index (Phi) is 11.9. The number of nitrogens with one attached hydrogen (secondary N) is 3. The smallest absolute Gasteiger partial charge is 0.324 e. The van der Waals surface area contributed by atoms with Gasteiger partial charge in [0.15, 0.2) is 0 Å². The van der Waals surface area contributed by atoms with Crippen LogP contribution < -0.4 is 16.1 Å². The van der Waals surface area contributed by atoms with Crippen LogP contribution in [-0.2, 0) is 43.2 Å². The first-order chi connectivity index (χ1) is 25.8. The molecule has 3 N–H and O–H groups in total. The summed E-state index contributed by atoms with van der Waals surface area (Å²) in [6, 6.07) is 14.8. The minimum absolute atomic E-state index is 0.0140. The molecule has 1 fully saturated rings. The summed E-state index contributed by atoms with van der Waals surface area (Å²) in [5.41, 5.74) is 11.1. The lowest BCUT2D eigenvalue weighted by Gasteiger charge is -2.36. The van der Waals surface area contributed by atoms with Gasteiger partial charge in [0.25, 0.3) is 5.91 Å². The molecule has 0 radical (unpaired) electrons. The Morgan fingerprint density at radius 3 is 2.61 bits per heavy atom. The third-order valence-electron chi connectivity index (χ3n) is 11.0. The van der Waals surface area contributed by atoms with E-state index in [0.717, 1.165) is 56.5 Å². The highest BCUT2D eigenvalue weighted by Gasteiger charge is 2.36. The molecule has 1 saturated heterocycles. The Bertz CT molecular complexity index is 2000. The van der Waals surface area contributed by atoms with Crippen LogP contribution >= 0.6 is 0 Å². The molecule has 11 nitrogen and oxygen atoms in total. The molecule has 2 aromatic carbocycles. The lowest BCUT2D eigenvalue weighted by molar-refractivity contribution is -0.155. The van der Waals surface area contributed by atoms with Gasteiger partial charge >= 0.3 is 5.97 Å². The van der Waals surface area contributed by atoms with Crippen LogP contribution in [0.2, 0.25) is 0 Å². The molecule has 54 heavy (non-hydrogen) atoms. The minimum Gasteiger partial charge on any atom is -0.464 e. The van der Waals surface area contributed by atoms with Crippen LogP contribution in [0.4, 0.5) is 0 Å². The summed E-state index contributed by atoms with van der Waals surface area (Å²) in [7, 11) is 3.47. The Hall–Kier alpha value is -4.58. The van der Waals surface area contributed by atoms with Crippen molar-refractivity contribution in [2.75, 3.05) is 27.3 Å². The number of carbonyl (C=O) groups is 3. The van der Waals surface area contributed by atoms with Crippen molar-refractivity contribution in [3.8, 4) is 22.4 Å².